The highest BCUT2D eigenvalue weighted by atomic mass is 16.7. The van der Waals surface area contributed by atoms with Crippen molar-refractivity contribution >= 4 is 11.9 Å². The van der Waals surface area contributed by atoms with Crippen LogP contribution in [0.4, 0.5) is 0 Å². The van der Waals surface area contributed by atoms with Gasteiger partial charge in [-0.2, -0.15) is 0 Å². The Balaban J connectivity index is 0.000000479. The Morgan fingerprint density at radius 2 is 1.73 bits per heavy atom. The number of aliphatic carboxylic acids is 2. The molecule has 9 heteroatoms. The van der Waals surface area contributed by atoms with Crippen LogP contribution in [0.5, 0.6) is 5.75 Å². The summed E-state index contributed by atoms with van der Waals surface area (Å²) >= 11 is 0. The Kier molecular flexibility index (Phi) is 11.1. The highest BCUT2D eigenvalue weighted by Gasteiger charge is 2.21. The number of benzene rings is 1. The molecule has 1 aliphatic heterocycles. The number of β-amino-alcohol motifs (C(OH)–C–C–N with tert-alkyl or cyclic N) is 1. The maximum Gasteiger partial charge on any atom is 0.328 e. The molecule has 1 saturated heterocycles. The molecule has 1 fully saturated rings. The maximum absolute atomic E-state index is 10.0. The lowest BCUT2D eigenvalue weighted by atomic mass is 10.1. The first-order chi connectivity index (χ1) is 14.1. The molecule has 1 aliphatic rings. The summed E-state index contributed by atoms with van der Waals surface area (Å²) in [6.45, 7) is 8.29. The number of aliphatic hydroxyl groups is 1. The summed E-state index contributed by atoms with van der Waals surface area (Å²) in [6.07, 6.45) is 1.08. The highest BCUT2D eigenvalue weighted by Crippen LogP contribution is 2.30. The Hall–Kier alpha value is -2.46. The van der Waals surface area contributed by atoms with Crippen LogP contribution < -0.4 is 10.1 Å². The van der Waals surface area contributed by atoms with Crippen molar-refractivity contribution in [1.82, 2.24) is 5.32 Å². The standard InChI is InChI=1S/C17H27NO4.C4H4O4/c1-17(2,3)18-11-13(19)12-22-15-8-5-4-7-14(15)16-20-9-6-10-21-16;5-3(6)1-2-4(7)8/h4-5,7-8,13,16,18-19H,6,9-12H2,1-3H3;1-2H,(H,5,6)(H,7,8)/b;2-1+. The Bertz CT molecular complexity index is 676. The molecule has 0 amide bonds. The molecule has 0 saturated carbocycles. The summed E-state index contributed by atoms with van der Waals surface area (Å²) in [6, 6.07) is 7.65. The van der Waals surface area contributed by atoms with Crippen molar-refractivity contribution in [3.8, 4) is 5.75 Å². The summed E-state index contributed by atoms with van der Waals surface area (Å²) < 4.78 is 17.0. The largest absolute Gasteiger partial charge is 0.490 e. The van der Waals surface area contributed by atoms with Crippen molar-refractivity contribution in [1.29, 1.82) is 0 Å². The van der Waals surface area contributed by atoms with Gasteiger partial charge in [-0.1, -0.05) is 18.2 Å². The van der Waals surface area contributed by atoms with Crippen molar-refractivity contribution in [3.05, 3.63) is 42.0 Å². The Labute approximate surface area is 176 Å². The smallest absolute Gasteiger partial charge is 0.328 e. The molecule has 0 radical (unpaired) electrons. The van der Waals surface area contributed by atoms with Gasteiger partial charge in [-0.3, -0.25) is 0 Å². The van der Waals surface area contributed by atoms with E-state index in [4.69, 9.17) is 24.4 Å². The van der Waals surface area contributed by atoms with Gasteiger partial charge in [0.05, 0.1) is 13.2 Å². The maximum atomic E-state index is 10.0. The Morgan fingerprint density at radius 1 is 1.17 bits per heavy atom. The fraction of sp³-hybridized carbons (Fsp3) is 0.524. The molecule has 1 aromatic rings. The quantitative estimate of drug-likeness (QED) is 0.461. The number of carboxylic acid groups (broad SMARTS) is 2. The first kappa shape index (κ1) is 25.6. The lowest BCUT2D eigenvalue weighted by Crippen LogP contribution is -2.42. The average Bonchev–Trinajstić information content (AvgIpc) is 2.70. The van der Waals surface area contributed by atoms with Gasteiger partial charge in [0.15, 0.2) is 6.29 Å². The van der Waals surface area contributed by atoms with Gasteiger partial charge < -0.3 is 34.8 Å². The molecule has 0 aliphatic carbocycles. The fourth-order valence-electron chi connectivity index (χ4n) is 2.29. The molecule has 168 valence electrons. The number of para-hydroxylation sites is 1. The van der Waals surface area contributed by atoms with Crippen LogP contribution in [0.2, 0.25) is 0 Å². The zero-order valence-electron chi connectivity index (χ0n) is 17.5. The third kappa shape index (κ3) is 11.5. The van der Waals surface area contributed by atoms with Crippen LogP contribution >= 0.6 is 0 Å². The SMILES string of the molecule is CC(C)(C)NCC(O)COc1ccccc1C1OCCCO1.O=C(O)/C=C/C(=O)O. The molecule has 1 heterocycles. The number of nitrogens with one attached hydrogen (secondary N) is 1. The van der Waals surface area contributed by atoms with Crippen LogP contribution in [0.25, 0.3) is 0 Å². The second-order valence-electron chi connectivity index (χ2n) is 7.57. The molecule has 9 nitrogen and oxygen atoms in total. The third-order valence-corrected chi connectivity index (χ3v) is 3.67. The van der Waals surface area contributed by atoms with E-state index in [1.54, 1.807) is 0 Å². The van der Waals surface area contributed by atoms with Crippen molar-refractivity contribution in [3.63, 3.8) is 0 Å². The average molecular weight is 425 g/mol. The van der Waals surface area contributed by atoms with E-state index in [0.29, 0.717) is 37.7 Å². The monoisotopic (exact) mass is 425 g/mol. The van der Waals surface area contributed by atoms with E-state index in [2.05, 4.69) is 26.1 Å². The van der Waals surface area contributed by atoms with E-state index in [1.807, 2.05) is 24.3 Å². The third-order valence-electron chi connectivity index (χ3n) is 3.67. The molecule has 2 rings (SSSR count). The van der Waals surface area contributed by atoms with Crippen molar-refractivity contribution in [2.45, 2.75) is 45.1 Å². The molecule has 0 bridgehead atoms. The van der Waals surface area contributed by atoms with Crippen molar-refractivity contribution < 1.29 is 39.1 Å². The summed E-state index contributed by atoms with van der Waals surface area (Å²) in [4.78, 5) is 19.1. The number of ether oxygens (including phenoxy) is 3. The second-order valence-corrected chi connectivity index (χ2v) is 7.57. The van der Waals surface area contributed by atoms with Gasteiger partial charge in [0.2, 0.25) is 0 Å². The number of carboxylic acids is 2. The van der Waals surface area contributed by atoms with Gasteiger partial charge in [-0.05, 0) is 33.3 Å². The first-order valence-electron chi connectivity index (χ1n) is 9.60. The molecule has 1 unspecified atom stereocenters. The molecule has 1 atom stereocenters. The zero-order valence-corrected chi connectivity index (χ0v) is 17.5. The minimum atomic E-state index is -1.26. The van der Waals surface area contributed by atoms with Gasteiger partial charge >= 0.3 is 11.9 Å². The predicted octanol–water partition coefficient (Wildman–Crippen LogP) is 1.96. The molecule has 0 spiro atoms. The minimum Gasteiger partial charge on any atom is -0.490 e. The first-order valence-corrected chi connectivity index (χ1v) is 9.60. The van der Waals surface area contributed by atoms with E-state index in [1.165, 1.54) is 0 Å². The van der Waals surface area contributed by atoms with Gasteiger partial charge in [-0.25, -0.2) is 9.59 Å². The van der Waals surface area contributed by atoms with E-state index in [-0.39, 0.29) is 18.4 Å². The van der Waals surface area contributed by atoms with Crippen LogP contribution in [0.3, 0.4) is 0 Å². The Morgan fingerprint density at radius 3 is 2.27 bits per heavy atom. The zero-order chi connectivity index (χ0) is 22.6. The van der Waals surface area contributed by atoms with Crippen LogP contribution in [-0.4, -0.2) is 65.3 Å². The summed E-state index contributed by atoms with van der Waals surface area (Å²) in [7, 11) is 0. The summed E-state index contributed by atoms with van der Waals surface area (Å²) in [5.74, 6) is -1.82. The van der Waals surface area contributed by atoms with Crippen molar-refractivity contribution in [2.75, 3.05) is 26.4 Å². The van der Waals surface area contributed by atoms with Crippen LogP contribution in [0.15, 0.2) is 36.4 Å². The van der Waals surface area contributed by atoms with Gasteiger partial charge in [0, 0.05) is 29.8 Å². The van der Waals surface area contributed by atoms with E-state index >= 15 is 0 Å². The molecular weight excluding hydrogens is 394 g/mol. The van der Waals surface area contributed by atoms with Crippen LogP contribution in [0, 0.1) is 0 Å². The summed E-state index contributed by atoms with van der Waals surface area (Å²) in [5.41, 5.74) is 0.848. The lowest BCUT2D eigenvalue weighted by Gasteiger charge is -2.26. The highest BCUT2D eigenvalue weighted by molar-refractivity contribution is 5.89. The van der Waals surface area contributed by atoms with Gasteiger partial charge in [0.25, 0.3) is 0 Å². The fourth-order valence-corrected chi connectivity index (χ4v) is 2.29. The number of aliphatic hydroxyl groups excluding tert-OH is 1. The lowest BCUT2D eigenvalue weighted by molar-refractivity contribution is -0.183. The molecule has 1 aromatic carbocycles. The number of rotatable bonds is 8. The van der Waals surface area contributed by atoms with E-state index in [9.17, 15) is 14.7 Å². The number of carbonyl (C=O) groups is 2. The normalized spacial score (nSPS) is 15.9. The van der Waals surface area contributed by atoms with E-state index in [0.717, 1.165) is 12.0 Å². The van der Waals surface area contributed by atoms with Crippen molar-refractivity contribution in [2.24, 2.45) is 0 Å². The van der Waals surface area contributed by atoms with E-state index < -0.39 is 18.0 Å². The molecular formula is C21H31NO8. The molecule has 30 heavy (non-hydrogen) atoms. The molecule has 4 N–H and O–H groups in total. The van der Waals surface area contributed by atoms with Crippen LogP contribution in [-0.2, 0) is 19.1 Å². The summed E-state index contributed by atoms with van der Waals surface area (Å²) in [5, 5.41) is 28.9. The molecule has 0 aromatic heterocycles. The van der Waals surface area contributed by atoms with Crippen LogP contribution in [0.1, 0.15) is 39.0 Å². The number of hydrogen-bond acceptors (Lipinski definition) is 7. The topological polar surface area (TPSA) is 135 Å². The van der Waals surface area contributed by atoms with Gasteiger partial charge in [-0.15, -0.1) is 0 Å². The number of hydrogen-bond donors (Lipinski definition) is 4. The predicted molar refractivity (Wildman–Crippen MR) is 109 cm³/mol. The van der Waals surface area contributed by atoms with Gasteiger partial charge in [0.1, 0.15) is 18.5 Å². The minimum absolute atomic E-state index is 0.0251. The second kappa shape index (κ2) is 13.0.